The highest BCUT2D eigenvalue weighted by atomic mass is 16.3. The number of aliphatic hydroxyl groups excluding tert-OH is 1. The van der Waals surface area contributed by atoms with Crippen molar-refractivity contribution in [2.45, 2.75) is 51.6 Å². The van der Waals surface area contributed by atoms with E-state index in [0.29, 0.717) is 6.42 Å². The summed E-state index contributed by atoms with van der Waals surface area (Å²) in [5.74, 6) is 0.203. The maximum atomic E-state index is 12.0. The van der Waals surface area contributed by atoms with E-state index in [0.717, 1.165) is 32.4 Å². The molecule has 4 nitrogen and oxygen atoms in total. The molecule has 4 heteroatoms. The Morgan fingerprint density at radius 2 is 2.06 bits per heavy atom. The monoisotopic (exact) mass is 228 g/mol. The van der Waals surface area contributed by atoms with Crippen molar-refractivity contribution in [1.29, 1.82) is 0 Å². The Labute approximate surface area is 98.0 Å². The number of carbonyl (C=O) groups excluding carboxylic acids is 1. The van der Waals surface area contributed by atoms with Gasteiger partial charge in [-0.1, -0.05) is 6.92 Å². The van der Waals surface area contributed by atoms with Crippen LogP contribution in [-0.4, -0.2) is 47.7 Å². The molecule has 0 spiro atoms. The molecule has 0 aliphatic carbocycles. The molecule has 1 fully saturated rings. The standard InChI is InChI=1S/C12H24N2O2/c1-3-11(6-9-15)13-10(2)12(16)14-7-4-5-8-14/h10-11,13,15H,3-9H2,1-2H3. The van der Waals surface area contributed by atoms with Crippen LogP contribution in [0.4, 0.5) is 0 Å². The Balaban J connectivity index is 2.37. The predicted molar refractivity (Wildman–Crippen MR) is 64.2 cm³/mol. The number of aliphatic hydroxyl groups is 1. The second-order valence-corrected chi connectivity index (χ2v) is 4.54. The van der Waals surface area contributed by atoms with Gasteiger partial charge in [0.15, 0.2) is 0 Å². The Hall–Kier alpha value is -0.610. The Morgan fingerprint density at radius 1 is 1.44 bits per heavy atom. The first-order valence-electron chi connectivity index (χ1n) is 6.34. The van der Waals surface area contributed by atoms with Crippen molar-refractivity contribution in [3.8, 4) is 0 Å². The van der Waals surface area contributed by atoms with E-state index in [1.807, 2.05) is 11.8 Å². The number of hydrogen-bond acceptors (Lipinski definition) is 3. The lowest BCUT2D eigenvalue weighted by Gasteiger charge is -2.25. The fourth-order valence-corrected chi connectivity index (χ4v) is 2.20. The molecule has 2 N–H and O–H groups in total. The van der Waals surface area contributed by atoms with Crippen molar-refractivity contribution in [3.05, 3.63) is 0 Å². The molecular weight excluding hydrogens is 204 g/mol. The van der Waals surface area contributed by atoms with E-state index in [2.05, 4.69) is 12.2 Å². The molecule has 0 aromatic heterocycles. The van der Waals surface area contributed by atoms with Gasteiger partial charge in [0.2, 0.25) is 5.91 Å². The number of nitrogens with zero attached hydrogens (tertiary/aromatic N) is 1. The van der Waals surface area contributed by atoms with Crippen LogP contribution in [0, 0.1) is 0 Å². The lowest BCUT2D eigenvalue weighted by atomic mass is 10.1. The minimum Gasteiger partial charge on any atom is -0.396 e. The highest BCUT2D eigenvalue weighted by molar-refractivity contribution is 5.81. The molecule has 1 heterocycles. The summed E-state index contributed by atoms with van der Waals surface area (Å²) in [4.78, 5) is 13.9. The summed E-state index contributed by atoms with van der Waals surface area (Å²) in [7, 11) is 0. The summed E-state index contributed by atoms with van der Waals surface area (Å²) in [5, 5.41) is 12.2. The minimum atomic E-state index is -0.130. The molecule has 0 saturated carbocycles. The summed E-state index contributed by atoms with van der Waals surface area (Å²) in [6.45, 7) is 5.97. The van der Waals surface area contributed by atoms with Gasteiger partial charge >= 0.3 is 0 Å². The third kappa shape index (κ3) is 3.76. The van der Waals surface area contributed by atoms with E-state index in [4.69, 9.17) is 5.11 Å². The average Bonchev–Trinajstić information content (AvgIpc) is 2.80. The first kappa shape index (κ1) is 13.5. The molecule has 0 aromatic carbocycles. The summed E-state index contributed by atoms with van der Waals surface area (Å²) in [6, 6.07) is 0.112. The number of amides is 1. The van der Waals surface area contributed by atoms with E-state index in [1.165, 1.54) is 0 Å². The second-order valence-electron chi connectivity index (χ2n) is 4.54. The van der Waals surface area contributed by atoms with Gasteiger partial charge < -0.3 is 15.3 Å². The predicted octanol–water partition coefficient (Wildman–Crippen LogP) is 0.748. The molecule has 1 aliphatic heterocycles. The largest absolute Gasteiger partial charge is 0.396 e. The normalized spacial score (nSPS) is 19.8. The number of carbonyl (C=O) groups is 1. The van der Waals surface area contributed by atoms with Gasteiger partial charge in [0.1, 0.15) is 0 Å². The van der Waals surface area contributed by atoms with Crippen LogP contribution >= 0.6 is 0 Å². The van der Waals surface area contributed by atoms with Gasteiger partial charge in [0.05, 0.1) is 6.04 Å². The Morgan fingerprint density at radius 3 is 2.56 bits per heavy atom. The maximum absolute atomic E-state index is 12.0. The van der Waals surface area contributed by atoms with E-state index in [1.54, 1.807) is 0 Å². The van der Waals surface area contributed by atoms with Crippen LogP contribution in [0.1, 0.15) is 39.5 Å². The van der Waals surface area contributed by atoms with E-state index >= 15 is 0 Å². The molecule has 16 heavy (non-hydrogen) atoms. The average molecular weight is 228 g/mol. The molecule has 2 atom stereocenters. The van der Waals surface area contributed by atoms with E-state index in [-0.39, 0.29) is 24.6 Å². The zero-order valence-corrected chi connectivity index (χ0v) is 10.4. The molecule has 94 valence electrons. The van der Waals surface area contributed by atoms with Gasteiger partial charge in [-0.15, -0.1) is 0 Å². The summed E-state index contributed by atoms with van der Waals surface area (Å²) in [5.41, 5.74) is 0. The maximum Gasteiger partial charge on any atom is 0.239 e. The Bertz CT molecular complexity index is 215. The quantitative estimate of drug-likeness (QED) is 0.705. The zero-order chi connectivity index (χ0) is 12.0. The first-order chi connectivity index (χ1) is 7.69. The van der Waals surface area contributed by atoms with Gasteiger partial charge in [0, 0.05) is 25.7 Å². The van der Waals surface area contributed by atoms with Crippen LogP contribution in [0.15, 0.2) is 0 Å². The van der Waals surface area contributed by atoms with Gasteiger partial charge in [-0.25, -0.2) is 0 Å². The zero-order valence-electron chi connectivity index (χ0n) is 10.4. The second kappa shape index (κ2) is 6.86. The number of rotatable bonds is 6. The van der Waals surface area contributed by atoms with Gasteiger partial charge in [0.25, 0.3) is 0 Å². The molecule has 1 aliphatic rings. The highest BCUT2D eigenvalue weighted by Crippen LogP contribution is 2.10. The van der Waals surface area contributed by atoms with Crippen LogP contribution in [-0.2, 0) is 4.79 Å². The summed E-state index contributed by atoms with van der Waals surface area (Å²) < 4.78 is 0. The van der Waals surface area contributed by atoms with Crippen LogP contribution < -0.4 is 5.32 Å². The van der Waals surface area contributed by atoms with Crippen molar-refractivity contribution in [1.82, 2.24) is 10.2 Å². The third-order valence-corrected chi connectivity index (χ3v) is 3.24. The molecule has 2 unspecified atom stereocenters. The van der Waals surface area contributed by atoms with Crippen molar-refractivity contribution >= 4 is 5.91 Å². The molecule has 1 amide bonds. The molecule has 0 bridgehead atoms. The minimum absolute atomic E-state index is 0.130. The molecule has 1 saturated heterocycles. The molecule has 0 aromatic rings. The summed E-state index contributed by atoms with van der Waals surface area (Å²) in [6.07, 6.45) is 3.92. The van der Waals surface area contributed by atoms with Crippen molar-refractivity contribution in [3.63, 3.8) is 0 Å². The van der Waals surface area contributed by atoms with Crippen LogP contribution in [0.2, 0.25) is 0 Å². The lowest BCUT2D eigenvalue weighted by Crippen LogP contribution is -2.47. The Kier molecular flexibility index (Phi) is 5.77. The fourth-order valence-electron chi connectivity index (χ4n) is 2.20. The van der Waals surface area contributed by atoms with Crippen LogP contribution in [0.25, 0.3) is 0 Å². The van der Waals surface area contributed by atoms with Crippen molar-refractivity contribution in [2.24, 2.45) is 0 Å². The smallest absolute Gasteiger partial charge is 0.239 e. The number of nitrogens with one attached hydrogen (secondary N) is 1. The molecule has 0 radical (unpaired) electrons. The van der Waals surface area contributed by atoms with Gasteiger partial charge in [-0.2, -0.15) is 0 Å². The third-order valence-electron chi connectivity index (χ3n) is 3.24. The van der Waals surface area contributed by atoms with Crippen molar-refractivity contribution < 1.29 is 9.90 Å². The van der Waals surface area contributed by atoms with E-state index in [9.17, 15) is 4.79 Å². The van der Waals surface area contributed by atoms with E-state index < -0.39 is 0 Å². The number of likely N-dealkylation sites (tertiary alicyclic amines) is 1. The SMILES string of the molecule is CCC(CCO)NC(C)C(=O)N1CCCC1. The molecule has 1 rings (SSSR count). The highest BCUT2D eigenvalue weighted by Gasteiger charge is 2.24. The fraction of sp³-hybridized carbons (Fsp3) is 0.917. The number of hydrogen-bond donors (Lipinski definition) is 2. The topological polar surface area (TPSA) is 52.6 Å². The lowest BCUT2D eigenvalue weighted by molar-refractivity contribution is -0.132. The van der Waals surface area contributed by atoms with Crippen LogP contribution in [0.3, 0.4) is 0 Å². The molecular formula is C12H24N2O2. The first-order valence-corrected chi connectivity index (χ1v) is 6.34. The van der Waals surface area contributed by atoms with Gasteiger partial charge in [-0.05, 0) is 32.6 Å². The van der Waals surface area contributed by atoms with Crippen LogP contribution in [0.5, 0.6) is 0 Å². The van der Waals surface area contributed by atoms with Gasteiger partial charge in [-0.3, -0.25) is 4.79 Å². The van der Waals surface area contributed by atoms with Crippen molar-refractivity contribution in [2.75, 3.05) is 19.7 Å². The summed E-state index contributed by atoms with van der Waals surface area (Å²) >= 11 is 0.